The molecule has 0 unspecified atom stereocenters. The first-order valence-corrected chi connectivity index (χ1v) is 6.17. The highest BCUT2D eigenvalue weighted by molar-refractivity contribution is 9.10. The number of halogens is 1. The fourth-order valence-corrected chi connectivity index (χ4v) is 2.57. The average Bonchev–Trinajstić information content (AvgIpc) is 2.62. The van der Waals surface area contributed by atoms with Crippen molar-refractivity contribution in [1.29, 1.82) is 0 Å². The van der Waals surface area contributed by atoms with Crippen molar-refractivity contribution in [1.82, 2.24) is 10.2 Å². The smallest absolute Gasteiger partial charge is 0.149 e. The Bertz CT molecular complexity index is 455. The van der Waals surface area contributed by atoms with Gasteiger partial charge in [-0.1, -0.05) is 0 Å². The molecule has 2 aromatic heterocycles. The van der Waals surface area contributed by atoms with Crippen molar-refractivity contribution >= 4 is 33.1 Å². The molecule has 0 bridgehead atoms. The van der Waals surface area contributed by atoms with E-state index in [0.29, 0.717) is 0 Å². The summed E-state index contributed by atoms with van der Waals surface area (Å²) in [5.41, 5.74) is 1.11. The van der Waals surface area contributed by atoms with Gasteiger partial charge >= 0.3 is 0 Å². The number of hydrogen-bond acceptors (Lipinski definition) is 4. The fraction of sp³-hybridized carbons (Fsp3) is 0.200. The van der Waals surface area contributed by atoms with Gasteiger partial charge in [0, 0.05) is 14.7 Å². The van der Waals surface area contributed by atoms with Crippen LogP contribution in [0.25, 0.3) is 0 Å². The SMILES string of the molecule is Cc1cnnc(NCc2cc(Br)cs2)c1. The highest BCUT2D eigenvalue weighted by Crippen LogP contribution is 2.20. The van der Waals surface area contributed by atoms with Gasteiger partial charge in [0.25, 0.3) is 0 Å². The molecule has 15 heavy (non-hydrogen) atoms. The highest BCUT2D eigenvalue weighted by Gasteiger charge is 1.99. The molecule has 0 fully saturated rings. The molecule has 0 aliphatic heterocycles. The predicted octanol–water partition coefficient (Wildman–Crippen LogP) is 3.22. The lowest BCUT2D eigenvalue weighted by atomic mass is 10.3. The first kappa shape index (κ1) is 10.6. The second-order valence-corrected chi connectivity index (χ2v) is 5.11. The van der Waals surface area contributed by atoms with Crippen LogP contribution < -0.4 is 5.32 Å². The summed E-state index contributed by atoms with van der Waals surface area (Å²) in [6.45, 7) is 2.79. The summed E-state index contributed by atoms with van der Waals surface area (Å²) in [6.07, 6.45) is 1.74. The van der Waals surface area contributed by atoms with Crippen LogP contribution in [0.4, 0.5) is 5.82 Å². The van der Waals surface area contributed by atoms with Crippen LogP contribution in [0.3, 0.4) is 0 Å². The Balaban J connectivity index is 1.99. The third kappa shape index (κ3) is 3.00. The lowest BCUT2D eigenvalue weighted by Crippen LogP contribution is -2.00. The molecule has 0 atom stereocenters. The molecule has 0 radical (unpaired) electrons. The van der Waals surface area contributed by atoms with Gasteiger partial charge in [-0.3, -0.25) is 0 Å². The van der Waals surface area contributed by atoms with Gasteiger partial charge in [-0.05, 0) is 40.5 Å². The normalized spacial score (nSPS) is 10.3. The molecule has 0 saturated heterocycles. The summed E-state index contributed by atoms with van der Waals surface area (Å²) in [4.78, 5) is 1.27. The molecule has 5 heteroatoms. The largest absolute Gasteiger partial charge is 0.364 e. The van der Waals surface area contributed by atoms with E-state index in [1.807, 2.05) is 13.0 Å². The Kier molecular flexibility index (Phi) is 3.33. The van der Waals surface area contributed by atoms with Crippen molar-refractivity contribution in [3.8, 4) is 0 Å². The van der Waals surface area contributed by atoms with Crippen LogP contribution in [-0.2, 0) is 6.54 Å². The van der Waals surface area contributed by atoms with E-state index in [4.69, 9.17) is 0 Å². The minimum atomic E-state index is 0.786. The van der Waals surface area contributed by atoms with E-state index >= 15 is 0 Å². The molecule has 0 saturated carbocycles. The maximum atomic E-state index is 3.99. The maximum absolute atomic E-state index is 3.99. The van der Waals surface area contributed by atoms with E-state index in [9.17, 15) is 0 Å². The zero-order valence-electron chi connectivity index (χ0n) is 8.20. The number of aryl methyl sites for hydroxylation is 1. The van der Waals surface area contributed by atoms with E-state index < -0.39 is 0 Å². The number of hydrogen-bond donors (Lipinski definition) is 1. The molecule has 0 spiro atoms. The Hall–Kier alpha value is -0.940. The van der Waals surface area contributed by atoms with Crippen molar-refractivity contribution in [2.75, 3.05) is 5.32 Å². The molecule has 0 amide bonds. The standard InChI is InChI=1S/C10H10BrN3S/c1-7-2-10(14-13-4-7)12-5-9-3-8(11)6-15-9/h2-4,6H,5H2,1H3,(H,12,14). The fourth-order valence-electron chi connectivity index (χ4n) is 1.17. The lowest BCUT2D eigenvalue weighted by Gasteiger charge is -2.02. The van der Waals surface area contributed by atoms with E-state index in [2.05, 4.69) is 42.9 Å². The summed E-state index contributed by atoms with van der Waals surface area (Å²) in [5.74, 6) is 0.819. The van der Waals surface area contributed by atoms with Crippen LogP contribution in [-0.4, -0.2) is 10.2 Å². The van der Waals surface area contributed by atoms with Crippen LogP contribution in [0.1, 0.15) is 10.4 Å². The molecule has 0 aromatic carbocycles. The van der Waals surface area contributed by atoms with Gasteiger partial charge in [0.2, 0.25) is 0 Å². The van der Waals surface area contributed by atoms with E-state index in [1.165, 1.54) is 4.88 Å². The van der Waals surface area contributed by atoms with Crippen molar-refractivity contribution in [3.05, 3.63) is 38.6 Å². The maximum Gasteiger partial charge on any atom is 0.149 e. The van der Waals surface area contributed by atoms with Gasteiger partial charge in [0.05, 0.1) is 12.7 Å². The van der Waals surface area contributed by atoms with Gasteiger partial charge in [-0.2, -0.15) is 5.10 Å². The molecule has 2 heterocycles. The summed E-state index contributed by atoms with van der Waals surface area (Å²) < 4.78 is 1.12. The van der Waals surface area contributed by atoms with Crippen LogP contribution in [0, 0.1) is 6.92 Å². The average molecular weight is 284 g/mol. The van der Waals surface area contributed by atoms with E-state index in [-0.39, 0.29) is 0 Å². The summed E-state index contributed by atoms with van der Waals surface area (Å²) in [5, 5.41) is 13.2. The molecule has 3 nitrogen and oxygen atoms in total. The predicted molar refractivity (Wildman–Crippen MR) is 66.1 cm³/mol. The van der Waals surface area contributed by atoms with Crippen LogP contribution in [0.2, 0.25) is 0 Å². The highest BCUT2D eigenvalue weighted by atomic mass is 79.9. The topological polar surface area (TPSA) is 37.8 Å². The second kappa shape index (κ2) is 4.72. The Morgan fingerprint density at radius 3 is 3.00 bits per heavy atom. The Morgan fingerprint density at radius 2 is 2.33 bits per heavy atom. The van der Waals surface area contributed by atoms with Crippen LogP contribution in [0.5, 0.6) is 0 Å². The van der Waals surface area contributed by atoms with Crippen LogP contribution in [0.15, 0.2) is 28.2 Å². The molecule has 78 valence electrons. The summed E-state index contributed by atoms with van der Waals surface area (Å²) in [6, 6.07) is 4.08. The van der Waals surface area contributed by atoms with Crippen molar-refractivity contribution < 1.29 is 0 Å². The first-order chi connectivity index (χ1) is 7.24. The zero-order valence-corrected chi connectivity index (χ0v) is 10.6. The number of nitrogens with zero attached hydrogens (tertiary/aromatic N) is 2. The molecular weight excluding hydrogens is 274 g/mol. The third-order valence-electron chi connectivity index (χ3n) is 1.86. The van der Waals surface area contributed by atoms with Gasteiger partial charge in [0.15, 0.2) is 0 Å². The summed E-state index contributed by atoms with van der Waals surface area (Å²) >= 11 is 5.14. The van der Waals surface area contributed by atoms with Gasteiger partial charge in [-0.25, -0.2) is 0 Å². The van der Waals surface area contributed by atoms with E-state index in [1.54, 1.807) is 17.5 Å². The number of rotatable bonds is 3. The number of nitrogens with one attached hydrogen (secondary N) is 1. The lowest BCUT2D eigenvalue weighted by molar-refractivity contribution is 0.993. The molecule has 0 aliphatic carbocycles. The molecule has 2 rings (SSSR count). The quantitative estimate of drug-likeness (QED) is 0.940. The van der Waals surface area contributed by atoms with Crippen molar-refractivity contribution in [3.63, 3.8) is 0 Å². The number of aromatic nitrogens is 2. The Labute approximate surface area is 101 Å². The van der Waals surface area contributed by atoms with Crippen molar-refractivity contribution in [2.24, 2.45) is 0 Å². The second-order valence-electron chi connectivity index (χ2n) is 3.20. The summed E-state index contributed by atoms with van der Waals surface area (Å²) in [7, 11) is 0. The van der Waals surface area contributed by atoms with Gasteiger partial charge in [-0.15, -0.1) is 16.4 Å². The van der Waals surface area contributed by atoms with Crippen LogP contribution >= 0.6 is 27.3 Å². The number of thiophene rings is 1. The van der Waals surface area contributed by atoms with Gasteiger partial charge in [0.1, 0.15) is 5.82 Å². The first-order valence-electron chi connectivity index (χ1n) is 4.50. The van der Waals surface area contributed by atoms with Crippen molar-refractivity contribution in [2.45, 2.75) is 13.5 Å². The molecular formula is C10H10BrN3S. The number of anilines is 1. The van der Waals surface area contributed by atoms with Gasteiger partial charge < -0.3 is 5.32 Å². The minimum Gasteiger partial charge on any atom is -0.364 e. The third-order valence-corrected chi connectivity index (χ3v) is 3.55. The molecule has 1 N–H and O–H groups in total. The zero-order chi connectivity index (χ0) is 10.7. The molecule has 2 aromatic rings. The van der Waals surface area contributed by atoms with E-state index in [0.717, 1.165) is 22.4 Å². The monoisotopic (exact) mass is 283 g/mol. The Morgan fingerprint density at radius 1 is 1.47 bits per heavy atom. The molecule has 0 aliphatic rings. The minimum absolute atomic E-state index is 0.786.